The molecule has 0 aromatic carbocycles. The van der Waals surface area contributed by atoms with Crippen LogP contribution in [0.2, 0.25) is 0 Å². The minimum atomic E-state index is -0.211. The molecule has 1 aliphatic rings. The van der Waals surface area contributed by atoms with Crippen molar-refractivity contribution in [1.29, 1.82) is 0 Å². The van der Waals surface area contributed by atoms with E-state index in [4.69, 9.17) is 4.74 Å². The summed E-state index contributed by atoms with van der Waals surface area (Å²) >= 11 is 1.55. The maximum Gasteiger partial charge on any atom is 0.311 e. The fourth-order valence-electron chi connectivity index (χ4n) is 2.56. The molecule has 1 saturated heterocycles. The quantitative estimate of drug-likeness (QED) is 0.747. The lowest BCUT2D eigenvalue weighted by Crippen LogP contribution is -2.28. The van der Waals surface area contributed by atoms with Crippen molar-refractivity contribution < 1.29 is 9.53 Å². The summed E-state index contributed by atoms with van der Waals surface area (Å²) in [5.41, 5.74) is 0.785. The Labute approximate surface area is 130 Å². The first-order valence-corrected chi connectivity index (χ1v) is 8.61. The van der Waals surface area contributed by atoms with Crippen molar-refractivity contribution >= 4 is 22.4 Å². The fourth-order valence-corrected chi connectivity index (χ4v) is 3.28. The number of likely N-dealkylation sites (tertiary alicyclic amines) is 1. The molecular formula is C15H25N3O2S. The van der Waals surface area contributed by atoms with E-state index in [-0.39, 0.29) is 12.4 Å². The smallest absolute Gasteiger partial charge is 0.311 e. The number of anilines is 1. The third-order valence-corrected chi connectivity index (χ3v) is 4.40. The number of thiazole rings is 1. The van der Waals surface area contributed by atoms with Crippen LogP contribution >= 0.6 is 11.3 Å². The van der Waals surface area contributed by atoms with Gasteiger partial charge in [-0.3, -0.25) is 4.79 Å². The molecule has 1 fully saturated rings. The van der Waals surface area contributed by atoms with Gasteiger partial charge in [0, 0.05) is 18.5 Å². The van der Waals surface area contributed by atoms with E-state index < -0.39 is 0 Å². The number of aromatic nitrogens is 1. The topological polar surface area (TPSA) is 54.5 Å². The molecule has 2 heterocycles. The molecule has 0 aliphatic carbocycles. The number of hydrogen-bond acceptors (Lipinski definition) is 6. The predicted molar refractivity (Wildman–Crippen MR) is 85.8 cm³/mol. The second-order valence-electron chi connectivity index (χ2n) is 5.62. The van der Waals surface area contributed by atoms with E-state index >= 15 is 0 Å². The van der Waals surface area contributed by atoms with Crippen molar-refractivity contribution in [3.8, 4) is 0 Å². The molecule has 21 heavy (non-hydrogen) atoms. The number of carbonyl (C=O) groups excluding carboxylic acids is 1. The minimum absolute atomic E-state index is 0.211. The highest BCUT2D eigenvalue weighted by atomic mass is 32.1. The number of nitrogens with one attached hydrogen (secondary N) is 1. The van der Waals surface area contributed by atoms with Crippen LogP contribution < -0.4 is 5.32 Å². The van der Waals surface area contributed by atoms with Gasteiger partial charge < -0.3 is 15.0 Å². The van der Waals surface area contributed by atoms with E-state index in [0.29, 0.717) is 12.5 Å². The number of ether oxygens (including phenoxy) is 1. The van der Waals surface area contributed by atoms with E-state index in [9.17, 15) is 4.79 Å². The fraction of sp³-hybridized carbons (Fsp3) is 0.733. The zero-order valence-electron chi connectivity index (χ0n) is 12.9. The van der Waals surface area contributed by atoms with Gasteiger partial charge in [-0.2, -0.15) is 0 Å². The van der Waals surface area contributed by atoms with Gasteiger partial charge in [0.25, 0.3) is 0 Å². The summed E-state index contributed by atoms with van der Waals surface area (Å²) in [5.74, 6) is 0.386. The molecule has 118 valence electrons. The third-order valence-electron chi connectivity index (χ3n) is 3.55. The van der Waals surface area contributed by atoms with Gasteiger partial charge in [0.05, 0.1) is 18.7 Å². The summed E-state index contributed by atoms with van der Waals surface area (Å²) < 4.78 is 4.93. The van der Waals surface area contributed by atoms with Crippen LogP contribution in [-0.2, 0) is 16.0 Å². The van der Waals surface area contributed by atoms with Gasteiger partial charge in [-0.1, -0.05) is 6.92 Å². The van der Waals surface area contributed by atoms with Crippen LogP contribution in [0.5, 0.6) is 0 Å². The van der Waals surface area contributed by atoms with E-state index in [2.05, 4.69) is 22.1 Å². The summed E-state index contributed by atoms with van der Waals surface area (Å²) in [4.78, 5) is 18.4. The van der Waals surface area contributed by atoms with E-state index in [0.717, 1.165) is 23.9 Å². The van der Waals surface area contributed by atoms with Gasteiger partial charge in [0.15, 0.2) is 5.13 Å². The van der Waals surface area contributed by atoms with Crippen molar-refractivity contribution in [2.75, 3.05) is 38.1 Å². The van der Waals surface area contributed by atoms with Gasteiger partial charge in [-0.15, -0.1) is 11.3 Å². The van der Waals surface area contributed by atoms with Crippen molar-refractivity contribution in [2.24, 2.45) is 5.92 Å². The first-order valence-electron chi connectivity index (χ1n) is 7.73. The highest BCUT2D eigenvalue weighted by Gasteiger charge is 2.15. The molecule has 1 N–H and O–H groups in total. The Kier molecular flexibility index (Phi) is 6.45. The number of nitrogens with zero attached hydrogens (tertiary/aromatic N) is 2. The molecule has 0 amide bonds. The average Bonchev–Trinajstić information content (AvgIpc) is 3.08. The summed E-state index contributed by atoms with van der Waals surface area (Å²) in [6.07, 6.45) is 2.93. The molecule has 1 unspecified atom stereocenters. The predicted octanol–water partition coefficient (Wildman–Crippen LogP) is 2.39. The maximum atomic E-state index is 11.4. The molecule has 1 aromatic heterocycles. The Morgan fingerprint density at radius 3 is 3.00 bits per heavy atom. The highest BCUT2D eigenvalue weighted by Crippen LogP contribution is 2.17. The van der Waals surface area contributed by atoms with Gasteiger partial charge in [-0.25, -0.2) is 4.98 Å². The Morgan fingerprint density at radius 1 is 1.52 bits per heavy atom. The van der Waals surface area contributed by atoms with Crippen LogP contribution in [0.4, 0.5) is 5.13 Å². The normalized spacial score (nSPS) is 16.9. The summed E-state index contributed by atoms with van der Waals surface area (Å²) in [7, 11) is 0. The third kappa shape index (κ3) is 5.63. The zero-order chi connectivity index (χ0) is 15.1. The highest BCUT2D eigenvalue weighted by molar-refractivity contribution is 7.13. The maximum absolute atomic E-state index is 11.4. The lowest BCUT2D eigenvalue weighted by molar-refractivity contribution is -0.142. The van der Waals surface area contributed by atoms with Crippen molar-refractivity contribution in [2.45, 2.75) is 33.1 Å². The Bertz CT molecular complexity index is 444. The lowest BCUT2D eigenvalue weighted by atomic mass is 10.2. The first kappa shape index (κ1) is 16.2. The second kappa shape index (κ2) is 8.34. The Hall–Kier alpha value is -1.14. The standard InChI is InChI=1S/C15H25N3O2S/c1-3-20-14(19)8-13-11-21-15(17-13)16-9-12(2)10-18-6-4-5-7-18/h11-12H,3-10H2,1-2H3,(H,16,17). The van der Waals surface area contributed by atoms with Gasteiger partial charge in [0.1, 0.15) is 0 Å². The molecule has 1 aliphatic heterocycles. The number of esters is 1. The number of carbonyl (C=O) groups is 1. The van der Waals surface area contributed by atoms with Gasteiger partial charge >= 0.3 is 5.97 Å². The van der Waals surface area contributed by atoms with Crippen LogP contribution in [0.25, 0.3) is 0 Å². The SMILES string of the molecule is CCOC(=O)Cc1csc(NCC(C)CN2CCCC2)n1. The molecule has 0 spiro atoms. The van der Waals surface area contributed by atoms with Crippen molar-refractivity contribution in [1.82, 2.24) is 9.88 Å². The van der Waals surface area contributed by atoms with Crippen molar-refractivity contribution in [3.63, 3.8) is 0 Å². The van der Waals surface area contributed by atoms with Gasteiger partial charge in [-0.05, 0) is 38.8 Å². The van der Waals surface area contributed by atoms with E-state index in [1.807, 2.05) is 12.3 Å². The number of hydrogen-bond donors (Lipinski definition) is 1. The summed E-state index contributed by atoms with van der Waals surface area (Å²) in [6.45, 7) is 9.04. The van der Waals surface area contributed by atoms with Crippen LogP contribution in [0, 0.1) is 5.92 Å². The largest absolute Gasteiger partial charge is 0.466 e. The van der Waals surface area contributed by atoms with Crippen LogP contribution in [0.1, 0.15) is 32.4 Å². The molecule has 6 heteroatoms. The molecule has 0 bridgehead atoms. The minimum Gasteiger partial charge on any atom is -0.466 e. The van der Waals surface area contributed by atoms with Crippen LogP contribution in [-0.4, -0.2) is 48.6 Å². The van der Waals surface area contributed by atoms with E-state index in [1.165, 1.54) is 25.9 Å². The van der Waals surface area contributed by atoms with Gasteiger partial charge in [0.2, 0.25) is 0 Å². The Morgan fingerprint density at radius 2 is 2.29 bits per heavy atom. The summed E-state index contributed by atoms with van der Waals surface area (Å²) in [6, 6.07) is 0. The molecule has 1 aromatic rings. The summed E-state index contributed by atoms with van der Waals surface area (Å²) in [5, 5.41) is 6.18. The number of rotatable bonds is 8. The molecule has 2 rings (SSSR count). The molecule has 0 radical (unpaired) electrons. The molecule has 1 atom stereocenters. The molecule has 5 nitrogen and oxygen atoms in total. The van der Waals surface area contributed by atoms with Crippen LogP contribution in [0.3, 0.4) is 0 Å². The van der Waals surface area contributed by atoms with Crippen molar-refractivity contribution in [3.05, 3.63) is 11.1 Å². The average molecular weight is 311 g/mol. The Balaban J connectivity index is 1.70. The zero-order valence-corrected chi connectivity index (χ0v) is 13.7. The van der Waals surface area contributed by atoms with Crippen LogP contribution in [0.15, 0.2) is 5.38 Å². The molecular weight excluding hydrogens is 286 g/mol. The monoisotopic (exact) mass is 311 g/mol. The second-order valence-corrected chi connectivity index (χ2v) is 6.48. The lowest BCUT2D eigenvalue weighted by Gasteiger charge is -2.20. The molecule has 0 saturated carbocycles. The van der Waals surface area contributed by atoms with E-state index in [1.54, 1.807) is 11.3 Å². The first-order chi connectivity index (χ1) is 10.2.